The van der Waals surface area contributed by atoms with Crippen molar-refractivity contribution in [3.8, 4) is 0 Å². The van der Waals surface area contributed by atoms with E-state index in [0.29, 0.717) is 59.7 Å². The van der Waals surface area contributed by atoms with E-state index in [9.17, 15) is 20.4 Å². The van der Waals surface area contributed by atoms with Gasteiger partial charge in [-0.15, -0.1) is 0 Å². The average Bonchev–Trinajstić information content (AvgIpc) is 4.20. The third kappa shape index (κ3) is 9.44. The van der Waals surface area contributed by atoms with Crippen LogP contribution in [0.25, 0.3) is 44.1 Å². The molecule has 380 valence electrons. The van der Waals surface area contributed by atoms with Crippen molar-refractivity contribution in [2.75, 3.05) is 38.7 Å². The first kappa shape index (κ1) is 48.3. The van der Waals surface area contributed by atoms with E-state index in [-0.39, 0.29) is 23.9 Å². The molecule has 0 saturated heterocycles. The largest absolute Gasteiger partial charge is 0.390 e. The van der Waals surface area contributed by atoms with Gasteiger partial charge in [0.2, 0.25) is 0 Å². The molecule has 0 unspecified atom stereocenters. The summed E-state index contributed by atoms with van der Waals surface area (Å²) in [5.41, 5.74) is 20.2. The van der Waals surface area contributed by atoms with Crippen molar-refractivity contribution in [3.05, 3.63) is 96.4 Å². The molecule has 72 heavy (non-hydrogen) atoms. The van der Waals surface area contributed by atoms with Crippen LogP contribution in [0.2, 0.25) is 0 Å². The molecule has 18 heteroatoms. The number of fused-ring (bicyclic) bond motifs is 4. The zero-order valence-corrected chi connectivity index (χ0v) is 41.8. The summed E-state index contributed by atoms with van der Waals surface area (Å²) in [5.74, 6) is 4.42. The van der Waals surface area contributed by atoms with Crippen LogP contribution in [0.5, 0.6) is 0 Å². The van der Waals surface area contributed by atoms with Gasteiger partial charge in [0.1, 0.15) is 59.4 Å². The number of aromatic nitrogens is 10. The van der Waals surface area contributed by atoms with Crippen molar-refractivity contribution in [1.82, 2.24) is 58.8 Å². The molecule has 10 N–H and O–H groups in total. The first-order valence-electron chi connectivity index (χ1n) is 25.9. The number of hydrogen-bond donors (Lipinski definition) is 8. The first-order valence-corrected chi connectivity index (χ1v) is 25.9. The number of hydrogen-bond acceptors (Lipinski definition) is 14. The number of H-pyrrole nitrogens is 2. The molecule has 2 aromatic carbocycles. The van der Waals surface area contributed by atoms with Gasteiger partial charge in [0.05, 0.1) is 57.1 Å². The molecule has 6 heterocycles. The summed E-state index contributed by atoms with van der Waals surface area (Å²) >= 11 is 0. The second-order valence-corrected chi connectivity index (χ2v) is 21.9. The van der Waals surface area contributed by atoms with Gasteiger partial charge >= 0.3 is 0 Å². The lowest BCUT2D eigenvalue weighted by Crippen LogP contribution is -2.46. The highest BCUT2D eigenvalue weighted by atomic mass is 16.3. The van der Waals surface area contributed by atoms with Crippen molar-refractivity contribution in [1.29, 1.82) is 0 Å². The molecule has 18 nitrogen and oxygen atoms in total. The average molecular weight is 979 g/mol. The highest BCUT2D eigenvalue weighted by Crippen LogP contribution is 2.42. The highest BCUT2D eigenvalue weighted by molar-refractivity contribution is 5.87. The molecule has 4 aliphatic rings. The van der Waals surface area contributed by atoms with Crippen molar-refractivity contribution in [2.45, 2.75) is 127 Å². The van der Waals surface area contributed by atoms with Crippen molar-refractivity contribution < 1.29 is 20.4 Å². The van der Waals surface area contributed by atoms with Gasteiger partial charge in [-0.2, -0.15) is 0 Å². The SMILES string of the molecule is Cc1ccc2nc(CCC3CC(N(C)C[C@H]4C[C@@H](n5ccc6c(N)ncnc65)[C@H](O)[C@@H]4O)C3)[nH]c2c1.Cc1ccc2nc(CCC3CC(N(C)C[C@H]4C[C@@H](n5ccc6c(N)ncnc65)[C@H](O)[C@@H]4O)C3)[nH]c2c1. The lowest BCUT2D eigenvalue weighted by molar-refractivity contribution is -0.00658. The number of aliphatic hydroxyl groups is 4. The number of nitrogens with one attached hydrogen (secondary N) is 2. The zero-order valence-electron chi connectivity index (χ0n) is 41.8. The van der Waals surface area contributed by atoms with Crippen molar-refractivity contribution in [3.63, 3.8) is 0 Å². The molecule has 0 amide bonds. The number of anilines is 2. The van der Waals surface area contributed by atoms with Crippen LogP contribution in [0.1, 0.15) is 86.2 Å². The molecule has 12 rings (SSSR count). The number of aromatic amines is 2. The van der Waals surface area contributed by atoms with Crippen LogP contribution in [0, 0.1) is 37.5 Å². The fourth-order valence-electron chi connectivity index (χ4n) is 12.5. The van der Waals surface area contributed by atoms with Crippen LogP contribution in [-0.2, 0) is 12.8 Å². The van der Waals surface area contributed by atoms with Gasteiger partial charge in [-0.05, 0) is 139 Å². The Hall–Kier alpha value is -6.02. The monoisotopic (exact) mass is 979 g/mol. The minimum atomic E-state index is -0.836. The number of benzene rings is 2. The van der Waals surface area contributed by atoms with E-state index >= 15 is 0 Å². The fourth-order valence-corrected chi connectivity index (χ4v) is 12.5. The van der Waals surface area contributed by atoms with Crippen LogP contribution in [0.15, 0.2) is 73.6 Å². The molecule has 0 spiro atoms. The second kappa shape index (κ2) is 19.8. The molecule has 4 saturated carbocycles. The molecular formula is C54H70N14O4. The summed E-state index contributed by atoms with van der Waals surface area (Å²) < 4.78 is 3.89. The summed E-state index contributed by atoms with van der Waals surface area (Å²) in [5, 5.41) is 45.0. The number of nitrogens with two attached hydrogens (primary N) is 2. The highest BCUT2D eigenvalue weighted by Gasteiger charge is 2.46. The zero-order chi connectivity index (χ0) is 49.9. The number of rotatable bonds is 14. The van der Waals surface area contributed by atoms with Crippen LogP contribution in [-0.4, -0.2) is 143 Å². The minimum absolute atomic E-state index is 0.00434. The molecule has 0 bridgehead atoms. The maximum Gasteiger partial charge on any atom is 0.145 e. The summed E-state index contributed by atoms with van der Waals surface area (Å²) in [7, 11) is 4.29. The number of imidazole rings is 2. The Morgan fingerprint density at radius 1 is 0.569 bits per heavy atom. The van der Waals surface area contributed by atoms with Gasteiger partial charge in [0.15, 0.2) is 0 Å². The number of aryl methyl sites for hydroxylation is 4. The minimum Gasteiger partial charge on any atom is -0.390 e. The maximum absolute atomic E-state index is 10.9. The van der Waals surface area contributed by atoms with Gasteiger partial charge in [-0.25, -0.2) is 29.9 Å². The third-order valence-corrected chi connectivity index (χ3v) is 17.0. The Labute approximate surface area is 418 Å². The van der Waals surface area contributed by atoms with Crippen molar-refractivity contribution in [2.24, 2.45) is 23.7 Å². The van der Waals surface area contributed by atoms with Crippen LogP contribution in [0.3, 0.4) is 0 Å². The summed E-state index contributed by atoms with van der Waals surface area (Å²) in [6.07, 6.45) is 13.8. The van der Waals surface area contributed by atoms with E-state index in [1.807, 2.05) is 33.7 Å². The standard InChI is InChI=1S/2C27H35N7O2/c2*1-15-3-5-20-21(9-15)32-23(31-20)6-4-16-10-18(11-16)33(2)13-17-12-22(25(36)24(17)35)34-8-7-19-26(28)29-14-30-27(19)34/h2*3,5,7-9,14,16-18,22,24-25,35-36H,4,6,10-13H2,1-2H3,(H,31,32)(H2,28,29,30)/t2*16?,17-,18?,22-,24-,25+/m11/s1. The van der Waals surface area contributed by atoms with Crippen LogP contribution in [0.4, 0.5) is 11.6 Å². The molecule has 4 aliphatic carbocycles. The van der Waals surface area contributed by atoms with Gasteiger partial charge in [-0.3, -0.25) is 0 Å². The normalized spacial score (nSPS) is 28.4. The van der Waals surface area contributed by atoms with E-state index in [1.165, 1.54) is 49.5 Å². The fraction of sp³-hybridized carbons (Fsp3) is 0.519. The number of nitrogen functional groups attached to an aromatic ring is 2. The third-order valence-electron chi connectivity index (χ3n) is 17.0. The summed E-state index contributed by atoms with van der Waals surface area (Å²) in [6, 6.07) is 17.0. The molecule has 8 atom stereocenters. The number of nitrogens with zero attached hydrogens (tertiary/aromatic N) is 10. The van der Waals surface area contributed by atoms with E-state index in [0.717, 1.165) is 83.3 Å². The van der Waals surface area contributed by atoms with Crippen molar-refractivity contribution >= 4 is 55.8 Å². The molecule has 6 aromatic heterocycles. The molecule has 4 fully saturated rings. The van der Waals surface area contributed by atoms with Crippen LogP contribution >= 0.6 is 0 Å². The Bertz CT molecular complexity index is 2960. The van der Waals surface area contributed by atoms with E-state index < -0.39 is 24.4 Å². The quantitative estimate of drug-likeness (QED) is 0.0656. The van der Waals surface area contributed by atoms with E-state index in [4.69, 9.17) is 21.4 Å². The smallest absolute Gasteiger partial charge is 0.145 e. The van der Waals surface area contributed by atoms with E-state index in [2.05, 4.69) is 104 Å². The van der Waals surface area contributed by atoms with E-state index in [1.54, 1.807) is 0 Å². The molecule has 0 radical (unpaired) electrons. The molecule has 0 aliphatic heterocycles. The predicted molar refractivity (Wildman–Crippen MR) is 279 cm³/mol. The van der Waals surface area contributed by atoms with Gasteiger partial charge in [-0.1, -0.05) is 12.1 Å². The Balaban J connectivity index is 0.000000156. The first-order chi connectivity index (χ1) is 34.7. The predicted octanol–water partition coefficient (Wildman–Crippen LogP) is 5.65. The Kier molecular flexibility index (Phi) is 13.3. The maximum atomic E-state index is 10.9. The lowest BCUT2D eigenvalue weighted by Gasteiger charge is -2.42. The molecular weight excluding hydrogens is 909 g/mol. The summed E-state index contributed by atoms with van der Waals surface area (Å²) in [4.78, 5) is 38.0. The lowest BCUT2D eigenvalue weighted by atomic mass is 9.76. The second-order valence-electron chi connectivity index (χ2n) is 21.9. The topological polar surface area (TPSA) is 258 Å². The Morgan fingerprint density at radius 3 is 1.40 bits per heavy atom. The van der Waals surface area contributed by atoms with Gasteiger partial charge in [0, 0.05) is 62.2 Å². The number of aliphatic hydroxyl groups excluding tert-OH is 4. The van der Waals surface area contributed by atoms with Gasteiger partial charge in [0.25, 0.3) is 0 Å². The molecule has 8 aromatic rings. The Morgan fingerprint density at radius 2 is 0.986 bits per heavy atom. The van der Waals surface area contributed by atoms with Gasteiger partial charge < -0.3 is 60.8 Å². The van der Waals surface area contributed by atoms with Crippen LogP contribution < -0.4 is 11.5 Å². The summed E-state index contributed by atoms with van der Waals surface area (Å²) in [6.45, 7) is 5.74.